The van der Waals surface area contributed by atoms with Crippen LogP contribution in [0.25, 0.3) is 0 Å². The molecule has 0 amide bonds. The number of piperazine rings is 1. The number of aliphatic hydroxyl groups excluding tert-OH is 1. The number of quaternary nitrogens is 2. The van der Waals surface area contributed by atoms with E-state index in [4.69, 9.17) is 5.11 Å². The number of benzene rings is 1. The lowest BCUT2D eigenvalue weighted by Gasteiger charge is -2.33. The second-order valence-electron chi connectivity index (χ2n) is 5.81. The molecular formula is C16H28N2O+2. The monoisotopic (exact) mass is 264 g/mol. The number of hydrogen-bond donors (Lipinski definition) is 3. The predicted molar refractivity (Wildman–Crippen MR) is 77.6 cm³/mol. The molecule has 1 aliphatic rings. The highest BCUT2D eigenvalue weighted by Gasteiger charge is 2.26. The zero-order chi connectivity index (χ0) is 13.5. The molecule has 3 heteroatoms. The van der Waals surface area contributed by atoms with Gasteiger partial charge in [0.15, 0.2) is 0 Å². The Bertz CT molecular complexity index is 347. The number of aryl methyl sites for hydroxylation is 1. The van der Waals surface area contributed by atoms with Gasteiger partial charge in [-0.1, -0.05) is 30.3 Å². The third-order valence-electron chi connectivity index (χ3n) is 4.47. The lowest BCUT2D eigenvalue weighted by molar-refractivity contribution is -1.02. The topological polar surface area (TPSA) is 29.1 Å². The summed E-state index contributed by atoms with van der Waals surface area (Å²) in [4.78, 5) is 3.32. The van der Waals surface area contributed by atoms with Crippen LogP contribution in [0.15, 0.2) is 30.3 Å². The van der Waals surface area contributed by atoms with Gasteiger partial charge in [-0.3, -0.25) is 0 Å². The van der Waals surface area contributed by atoms with Gasteiger partial charge in [-0.05, 0) is 18.9 Å². The Labute approximate surface area is 116 Å². The summed E-state index contributed by atoms with van der Waals surface area (Å²) in [5.41, 5.74) is 1.46. The Morgan fingerprint density at radius 2 is 1.79 bits per heavy atom. The largest absolute Gasteiger partial charge is 0.391 e. The van der Waals surface area contributed by atoms with Crippen molar-refractivity contribution in [3.05, 3.63) is 35.9 Å². The van der Waals surface area contributed by atoms with Gasteiger partial charge in [-0.15, -0.1) is 0 Å². The molecule has 1 aromatic rings. The molecule has 0 aromatic heterocycles. The predicted octanol–water partition coefficient (Wildman–Crippen LogP) is -1.22. The first kappa shape index (κ1) is 14.5. The van der Waals surface area contributed by atoms with Crippen molar-refractivity contribution in [2.75, 3.05) is 39.3 Å². The van der Waals surface area contributed by atoms with Gasteiger partial charge in [-0.25, -0.2) is 0 Å². The first-order valence-electron chi connectivity index (χ1n) is 7.62. The average molecular weight is 264 g/mol. The Kier molecular flexibility index (Phi) is 5.83. The quantitative estimate of drug-likeness (QED) is 0.591. The van der Waals surface area contributed by atoms with E-state index in [9.17, 15) is 0 Å². The molecule has 1 heterocycles. The van der Waals surface area contributed by atoms with Gasteiger partial charge in [0.2, 0.25) is 0 Å². The van der Waals surface area contributed by atoms with E-state index in [0.29, 0.717) is 6.61 Å². The van der Waals surface area contributed by atoms with Gasteiger partial charge >= 0.3 is 0 Å². The van der Waals surface area contributed by atoms with Gasteiger partial charge in [0.05, 0.1) is 12.6 Å². The summed E-state index contributed by atoms with van der Waals surface area (Å²) in [6, 6.07) is 11.5. The van der Waals surface area contributed by atoms with Crippen LogP contribution in [0.1, 0.15) is 18.9 Å². The summed E-state index contributed by atoms with van der Waals surface area (Å²) in [6.07, 6.45) is 2.47. The summed E-state index contributed by atoms with van der Waals surface area (Å²) in [5.74, 6) is 0. The van der Waals surface area contributed by atoms with Crippen LogP contribution < -0.4 is 9.80 Å². The highest BCUT2D eigenvalue weighted by Crippen LogP contribution is 2.03. The molecule has 106 valence electrons. The number of rotatable bonds is 6. The van der Waals surface area contributed by atoms with E-state index in [1.54, 1.807) is 9.80 Å². The molecule has 0 radical (unpaired) electrons. The molecular weight excluding hydrogens is 236 g/mol. The molecule has 3 nitrogen and oxygen atoms in total. The van der Waals surface area contributed by atoms with Crippen molar-refractivity contribution in [2.45, 2.75) is 25.8 Å². The molecule has 1 atom stereocenters. The van der Waals surface area contributed by atoms with Crippen molar-refractivity contribution < 1.29 is 14.9 Å². The summed E-state index contributed by atoms with van der Waals surface area (Å²) < 4.78 is 0. The maximum atomic E-state index is 8.98. The van der Waals surface area contributed by atoms with Crippen LogP contribution in [0, 0.1) is 0 Å². The molecule has 0 bridgehead atoms. The van der Waals surface area contributed by atoms with Gasteiger partial charge in [0, 0.05) is 6.42 Å². The first-order valence-corrected chi connectivity index (χ1v) is 7.62. The molecule has 1 saturated heterocycles. The fourth-order valence-electron chi connectivity index (χ4n) is 3.06. The SMILES string of the molecule is C[C@H](CCc1ccccc1)[NH+]1CC[NH+](CCO)CC1. The molecule has 19 heavy (non-hydrogen) atoms. The Hall–Kier alpha value is -0.900. The van der Waals surface area contributed by atoms with Crippen LogP contribution in [-0.2, 0) is 6.42 Å². The van der Waals surface area contributed by atoms with Crippen LogP contribution in [0.5, 0.6) is 0 Å². The Balaban J connectivity index is 1.71. The van der Waals surface area contributed by atoms with Gasteiger partial charge in [0.25, 0.3) is 0 Å². The molecule has 2 rings (SSSR count). The van der Waals surface area contributed by atoms with E-state index >= 15 is 0 Å². The number of hydrogen-bond acceptors (Lipinski definition) is 1. The highest BCUT2D eigenvalue weighted by molar-refractivity contribution is 5.14. The lowest BCUT2D eigenvalue weighted by Crippen LogP contribution is -3.29. The summed E-state index contributed by atoms with van der Waals surface area (Å²) in [7, 11) is 0. The van der Waals surface area contributed by atoms with E-state index in [0.717, 1.165) is 12.6 Å². The van der Waals surface area contributed by atoms with Crippen LogP contribution >= 0.6 is 0 Å². The minimum atomic E-state index is 0.328. The van der Waals surface area contributed by atoms with E-state index in [1.807, 2.05) is 0 Å². The fourth-order valence-corrected chi connectivity index (χ4v) is 3.06. The smallest absolute Gasteiger partial charge is 0.127 e. The molecule has 0 aliphatic carbocycles. The standard InChI is InChI=1S/C16H26N2O/c1-15(7-8-16-5-3-2-4-6-16)18-11-9-17(10-12-18)13-14-19/h2-6,15,19H,7-14H2,1H3/p+2/t15-/m1/s1. The number of nitrogens with one attached hydrogen (secondary N) is 2. The van der Waals surface area contributed by atoms with E-state index < -0.39 is 0 Å². The minimum absolute atomic E-state index is 0.328. The van der Waals surface area contributed by atoms with Crippen LogP contribution in [0.2, 0.25) is 0 Å². The second kappa shape index (κ2) is 7.63. The number of aliphatic hydroxyl groups is 1. The van der Waals surface area contributed by atoms with E-state index in [1.165, 1.54) is 44.6 Å². The molecule has 0 saturated carbocycles. The van der Waals surface area contributed by atoms with Crippen molar-refractivity contribution >= 4 is 0 Å². The average Bonchev–Trinajstić information content (AvgIpc) is 2.47. The van der Waals surface area contributed by atoms with Gasteiger partial charge in [-0.2, -0.15) is 0 Å². The third kappa shape index (κ3) is 4.60. The molecule has 0 unspecified atom stereocenters. The third-order valence-corrected chi connectivity index (χ3v) is 4.47. The van der Waals surface area contributed by atoms with Crippen molar-refractivity contribution in [2.24, 2.45) is 0 Å². The molecule has 3 N–H and O–H groups in total. The highest BCUT2D eigenvalue weighted by atomic mass is 16.3. The summed E-state index contributed by atoms with van der Waals surface area (Å²) >= 11 is 0. The Morgan fingerprint density at radius 1 is 1.11 bits per heavy atom. The Morgan fingerprint density at radius 3 is 2.42 bits per heavy atom. The van der Waals surface area contributed by atoms with Crippen molar-refractivity contribution in [1.29, 1.82) is 0 Å². The molecule has 0 spiro atoms. The maximum Gasteiger partial charge on any atom is 0.127 e. The molecule has 1 fully saturated rings. The van der Waals surface area contributed by atoms with E-state index in [2.05, 4.69) is 37.3 Å². The maximum absolute atomic E-state index is 8.98. The zero-order valence-electron chi connectivity index (χ0n) is 12.1. The van der Waals surface area contributed by atoms with Crippen molar-refractivity contribution in [3.8, 4) is 0 Å². The van der Waals surface area contributed by atoms with E-state index in [-0.39, 0.29) is 0 Å². The van der Waals surface area contributed by atoms with Crippen LogP contribution in [0.3, 0.4) is 0 Å². The normalized spacial score (nSPS) is 25.2. The van der Waals surface area contributed by atoms with Crippen molar-refractivity contribution in [1.82, 2.24) is 0 Å². The summed E-state index contributed by atoms with van der Waals surface area (Å²) in [6.45, 7) is 8.57. The first-order chi connectivity index (χ1) is 9.29. The fraction of sp³-hybridized carbons (Fsp3) is 0.625. The minimum Gasteiger partial charge on any atom is -0.391 e. The van der Waals surface area contributed by atoms with Gasteiger partial charge in [0.1, 0.15) is 32.7 Å². The van der Waals surface area contributed by atoms with Gasteiger partial charge < -0.3 is 14.9 Å². The van der Waals surface area contributed by atoms with Crippen molar-refractivity contribution in [3.63, 3.8) is 0 Å². The van der Waals surface area contributed by atoms with Crippen LogP contribution in [-0.4, -0.2) is 50.5 Å². The van der Waals surface area contributed by atoms with Crippen LogP contribution in [0.4, 0.5) is 0 Å². The molecule has 1 aromatic carbocycles. The lowest BCUT2D eigenvalue weighted by atomic mass is 10.0. The summed E-state index contributed by atoms with van der Waals surface area (Å²) in [5, 5.41) is 8.98. The zero-order valence-corrected chi connectivity index (χ0v) is 12.1. The second-order valence-corrected chi connectivity index (χ2v) is 5.81. The molecule has 1 aliphatic heterocycles.